The van der Waals surface area contributed by atoms with E-state index in [1.54, 1.807) is 11.3 Å². The average Bonchev–Trinajstić information content (AvgIpc) is 2.85. The summed E-state index contributed by atoms with van der Waals surface area (Å²) in [6, 6.07) is 0.435. The Bertz CT molecular complexity index is 411. The van der Waals surface area contributed by atoms with E-state index in [0.717, 1.165) is 23.7 Å². The Labute approximate surface area is 119 Å². The third-order valence-electron chi connectivity index (χ3n) is 3.24. The number of hydrogen-bond donors (Lipinski definition) is 1. The van der Waals surface area contributed by atoms with E-state index in [1.165, 1.54) is 0 Å². The molecule has 0 spiro atoms. The van der Waals surface area contributed by atoms with Crippen molar-refractivity contribution in [3.8, 4) is 0 Å². The van der Waals surface area contributed by atoms with E-state index in [4.69, 9.17) is 4.74 Å². The number of carbonyl (C=O) groups is 1. The van der Waals surface area contributed by atoms with Gasteiger partial charge in [0.15, 0.2) is 5.13 Å². The van der Waals surface area contributed by atoms with Gasteiger partial charge in [-0.1, -0.05) is 13.8 Å². The van der Waals surface area contributed by atoms with Crippen LogP contribution in [-0.2, 0) is 14.9 Å². The second kappa shape index (κ2) is 6.89. The van der Waals surface area contributed by atoms with E-state index in [0.29, 0.717) is 12.6 Å². The molecule has 5 heteroatoms. The number of nitrogens with one attached hydrogen (secondary N) is 1. The number of anilines is 1. The van der Waals surface area contributed by atoms with Gasteiger partial charge in [0, 0.05) is 11.4 Å². The van der Waals surface area contributed by atoms with Gasteiger partial charge in [0.05, 0.1) is 12.3 Å². The number of hydrogen-bond acceptors (Lipinski definition) is 5. The lowest BCUT2D eigenvalue weighted by Gasteiger charge is -2.20. The fourth-order valence-corrected chi connectivity index (χ4v) is 2.67. The second-order valence-electron chi connectivity index (χ2n) is 5.04. The highest BCUT2D eigenvalue weighted by atomic mass is 32.1. The Kier molecular flexibility index (Phi) is 5.79. The SMILES string of the molecule is CCOC(=O)C(C)(C)c1csc(NC(CC)CC)n1. The molecule has 0 aliphatic heterocycles. The summed E-state index contributed by atoms with van der Waals surface area (Å²) >= 11 is 1.54. The molecular weight excluding hydrogens is 260 g/mol. The number of rotatable bonds is 7. The van der Waals surface area contributed by atoms with Crippen LogP contribution in [0.4, 0.5) is 5.13 Å². The smallest absolute Gasteiger partial charge is 0.317 e. The van der Waals surface area contributed by atoms with Crippen LogP contribution in [0, 0.1) is 0 Å². The molecule has 1 N–H and O–H groups in total. The number of aromatic nitrogens is 1. The zero-order valence-corrected chi connectivity index (χ0v) is 13.3. The van der Waals surface area contributed by atoms with E-state index >= 15 is 0 Å². The molecule has 0 atom stereocenters. The molecule has 1 aromatic rings. The van der Waals surface area contributed by atoms with Crippen LogP contribution in [0.15, 0.2) is 5.38 Å². The molecule has 0 saturated heterocycles. The number of thiazole rings is 1. The minimum atomic E-state index is -0.694. The van der Waals surface area contributed by atoms with Gasteiger partial charge in [-0.3, -0.25) is 4.79 Å². The van der Waals surface area contributed by atoms with Crippen molar-refractivity contribution in [3.05, 3.63) is 11.1 Å². The summed E-state index contributed by atoms with van der Waals surface area (Å²) in [6.07, 6.45) is 2.12. The second-order valence-corrected chi connectivity index (χ2v) is 5.90. The largest absolute Gasteiger partial charge is 0.465 e. The maximum atomic E-state index is 11.9. The van der Waals surface area contributed by atoms with Crippen molar-refractivity contribution in [1.82, 2.24) is 4.98 Å². The number of carbonyl (C=O) groups excluding carboxylic acids is 1. The van der Waals surface area contributed by atoms with E-state index in [1.807, 2.05) is 26.2 Å². The average molecular weight is 284 g/mol. The lowest BCUT2D eigenvalue weighted by molar-refractivity contribution is -0.148. The summed E-state index contributed by atoms with van der Waals surface area (Å²) in [5, 5.41) is 6.21. The van der Waals surface area contributed by atoms with Gasteiger partial charge < -0.3 is 10.1 Å². The van der Waals surface area contributed by atoms with Crippen LogP contribution in [0.5, 0.6) is 0 Å². The fraction of sp³-hybridized carbons (Fsp3) is 0.714. The molecular formula is C14H24N2O2S. The van der Waals surface area contributed by atoms with Gasteiger partial charge >= 0.3 is 5.97 Å². The summed E-state index contributed by atoms with van der Waals surface area (Å²) in [6.45, 7) is 10.2. The maximum Gasteiger partial charge on any atom is 0.317 e. The molecule has 0 bridgehead atoms. The molecule has 108 valence electrons. The highest BCUT2D eigenvalue weighted by molar-refractivity contribution is 7.13. The monoisotopic (exact) mass is 284 g/mol. The van der Waals surface area contributed by atoms with E-state index < -0.39 is 5.41 Å². The number of nitrogens with zero attached hydrogens (tertiary/aromatic N) is 1. The molecule has 0 saturated carbocycles. The summed E-state index contributed by atoms with van der Waals surface area (Å²) in [5.74, 6) is -0.227. The van der Waals surface area contributed by atoms with Crippen molar-refractivity contribution in [3.63, 3.8) is 0 Å². The lowest BCUT2D eigenvalue weighted by Crippen LogP contribution is -2.31. The Morgan fingerprint density at radius 3 is 2.58 bits per heavy atom. The van der Waals surface area contributed by atoms with Gasteiger partial charge in [-0.15, -0.1) is 11.3 Å². The summed E-state index contributed by atoms with van der Waals surface area (Å²) in [7, 11) is 0. The predicted molar refractivity (Wildman–Crippen MR) is 79.8 cm³/mol. The quantitative estimate of drug-likeness (QED) is 0.777. The first-order chi connectivity index (χ1) is 8.95. The first kappa shape index (κ1) is 16.0. The lowest BCUT2D eigenvalue weighted by atomic mass is 9.90. The molecule has 0 amide bonds. The summed E-state index contributed by atoms with van der Waals surface area (Å²) in [4.78, 5) is 16.5. The molecule has 1 rings (SSSR count). The molecule has 0 unspecified atom stereocenters. The van der Waals surface area contributed by atoms with Crippen molar-refractivity contribution in [2.75, 3.05) is 11.9 Å². The molecule has 0 fully saturated rings. The third kappa shape index (κ3) is 3.93. The van der Waals surface area contributed by atoms with E-state index in [2.05, 4.69) is 24.1 Å². The summed E-state index contributed by atoms with van der Waals surface area (Å²) < 4.78 is 5.10. The van der Waals surface area contributed by atoms with Crippen LogP contribution in [-0.4, -0.2) is 23.6 Å². The number of ether oxygens (including phenoxy) is 1. The van der Waals surface area contributed by atoms with Crippen molar-refractivity contribution in [1.29, 1.82) is 0 Å². The Morgan fingerprint density at radius 1 is 1.42 bits per heavy atom. The van der Waals surface area contributed by atoms with E-state index in [-0.39, 0.29) is 5.97 Å². The van der Waals surface area contributed by atoms with Crippen LogP contribution in [0.2, 0.25) is 0 Å². The normalized spacial score (nSPS) is 11.7. The van der Waals surface area contributed by atoms with Crippen molar-refractivity contribution in [2.45, 2.75) is 58.9 Å². The van der Waals surface area contributed by atoms with Gasteiger partial charge in [-0.05, 0) is 33.6 Å². The Balaban J connectivity index is 2.80. The van der Waals surface area contributed by atoms with E-state index in [9.17, 15) is 4.79 Å². The molecule has 0 aromatic carbocycles. The van der Waals surface area contributed by atoms with Crippen molar-refractivity contribution in [2.24, 2.45) is 0 Å². The van der Waals surface area contributed by atoms with Crippen LogP contribution in [0.1, 0.15) is 53.2 Å². The molecule has 19 heavy (non-hydrogen) atoms. The highest BCUT2D eigenvalue weighted by Crippen LogP contribution is 2.29. The first-order valence-corrected chi connectivity index (χ1v) is 7.73. The van der Waals surface area contributed by atoms with Gasteiger partial charge in [-0.25, -0.2) is 4.98 Å². The zero-order chi connectivity index (χ0) is 14.5. The van der Waals surface area contributed by atoms with Crippen molar-refractivity contribution < 1.29 is 9.53 Å². The van der Waals surface area contributed by atoms with Gasteiger partial charge in [0.1, 0.15) is 5.41 Å². The Morgan fingerprint density at radius 2 is 2.05 bits per heavy atom. The molecule has 0 aliphatic carbocycles. The zero-order valence-electron chi connectivity index (χ0n) is 12.4. The molecule has 0 aliphatic rings. The van der Waals surface area contributed by atoms with Crippen LogP contribution >= 0.6 is 11.3 Å². The van der Waals surface area contributed by atoms with Crippen LogP contribution < -0.4 is 5.32 Å². The standard InChI is InChI=1S/C14H24N2O2S/c1-6-10(7-2)15-13-16-11(9-19-13)14(4,5)12(17)18-8-3/h9-10H,6-8H2,1-5H3,(H,15,16). The fourth-order valence-electron chi connectivity index (χ4n) is 1.71. The molecule has 1 aromatic heterocycles. The summed E-state index contributed by atoms with van der Waals surface area (Å²) in [5.41, 5.74) is 0.0739. The molecule has 1 heterocycles. The minimum absolute atomic E-state index is 0.227. The van der Waals surface area contributed by atoms with Crippen LogP contribution in [0.3, 0.4) is 0 Å². The number of esters is 1. The molecule has 4 nitrogen and oxygen atoms in total. The van der Waals surface area contributed by atoms with Crippen molar-refractivity contribution >= 4 is 22.4 Å². The minimum Gasteiger partial charge on any atom is -0.465 e. The predicted octanol–water partition coefficient (Wildman–Crippen LogP) is 3.58. The third-order valence-corrected chi connectivity index (χ3v) is 4.02. The maximum absolute atomic E-state index is 11.9. The highest BCUT2D eigenvalue weighted by Gasteiger charge is 2.34. The van der Waals surface area contributed by atoms with Gasteiger partial charge in [-0.2, -0.15) is 0 Å². The first-order valence-electron chi connectivity index (χ1n) is 6.85. The van der Waals surface area contributed by atoms with Gasteiger partial charge in [0.25, 0.3) is 0 Å². The van der Waals surface area contributed by atoms with Gasteiger partial charge in [0.2, 0.25) is 0 Å². The Hall–Kier alpha value is -1.10. The topological polar surface area (TPSA) is 51.2 Å². The van der Waals surface area contributed by atoms with Crippen LogP contribution in [0.25, 0.3) is 0 Å². The molecule has 0 radical (unpaired) electrons.